The van der Waals surface area contributed by atoms with Crippen molar-refractivity contribution in [3.63, 3.8) is 0 Å². The van der Waals surface area contributed by atoms with E-state index >= 15 is 0 Å². The Morgan fingerprint density at radius 1 is 1.36 bits per heavy atom. The molecule has 0 aliphatic carbocycles. The van der Waals surface area contributed by atoms with Crippen LogP contribution in [0.5, 0.6) is 0 Å². The summed E-state index contributed by atoms with van der Waals surface area (Å²) in [6.07, 6.45) is 0.792. The minimum atomic E-state index is -1.18. The van der Waals surface area contributed by atoms with Crippen LogP contribution in [0.3, 0.4) is 0 Å². The van der Waals surface area contributed by atoms with Crippen LogP contribution >= 0.6 is 15.9 Å². The Morgan fingerprint density at radius 2 is 2.05 bits per heavy atom. The first kappa shape index (κ1) is 16.5. The molecule has 1 saturated heterocycles. The number of rotatable bonds is 5. The zero-order chi connectivity index (χ0) is 16.3. The highest BCUT2D eigenvalue weighted by Crippen LogP contribution is 2.33. The molecule has 1 aromatic rings. The number of hydrogen-bond acceptors (Lipinski definition) is 3. The summed E-state index contributed by atoms with van der Waals surface area (Å²) in [5, 5.41) is 5.33. The number of imide groups is 1. The van der Waals surface area contributed by atoms with E-state index in [2.05, 4.69) is 26.6 Å². The summed E-state index contributed by atoms with van der Waals surface area (Å²) in [6.45, 7) is 3.81. The van der Waals surface area contributed by atoms with E-state index in [1.165, 1.54) is 0 Å². The van der Waals surface area contributed by atoms with E-state index < -0.39 is 17.5 Å². The van der Waals surface area contributed by atoms with Gasteiger partial charge in [0.25, 0.3) is 5.91 Å². The monoisotopic (exact) mass is 367 g/mol. The second-order valence-corrected chi connectivity index (χ2v) is 6.13. The molecule has 0 bridgehead atoms. The summed E-state index contributed by atoms with van der Waals surface area (Å²) in [7, 11) is 0. The molecule has 0 saturated carbocycles. The van der Waals surface area contributed by atoms with Crippen molar-refractivity contribution < 1.29 is 14.4 Å². The fourth-order valence-electron chi connectivity index (χ4n) is 2.35. The van der Waals surface area contributed by atoms with Gasteiger partial charge in [-0.25, -0.2) is 4.79 Å². The molecule has 2 N–H and O–H groups in total. The quantitative estimate of drug-likeness (QED) is 0.778. The Bertz CT molecular complexity index is 620. The van der Waals surface area contributed by atoms with Gasteiger partial charge in [-0.3, -0.25) is 14.5 Å². The van der Waals surface area contributed by atoms with E-state index in [0.717, 1.165) is 15.8 Å². The van der Waals surface area contributed by atoms with Crippen LogP contribution in [0.1, 0.15) is 25.8 Å². The van der Waals surface area contributed by atoms with E-state index in [0.29, 0.717) is 12.1 Å². The first-order valence-electron chi connectivity index (χ1n) is 7.06. The van der Waals surface area contributed by atoms with Crippen LogP contribution in [-0.2, 0) is 15.1 Å². The third kappa shape index (κ3) is 2.99. The summed E-state index contributed by atoms with van der Waals surface area (Å²) in [4.78, 5) is 37.5. The fourth-order valence-corrected chi connectivity index (χ4v) is 3.04. The van der Waals surface area contributed by atoms with Gasteiger partial charge >= 0.3 is 6.03 Å². The number of carbonyl (C=O) groups excluding carboxylic acids is 3. The van der Waals surface area contributed by atoms with E-state index in [9.17, 15) is 14.4 Å². The molecule has 0 aromatic heterocycles. The molecule has 118 valence electrons. The van der Waals surface area contributed by atoms with Crippen molar-refractivity contribution in [2.24, 2.45) is 0 Å². The van der Waals surface area contributed by atoms with Crippen molar-refractivity contribution in [1.29, 1.82) is 0 Å². The van der Waals surface area contributed by atoms with Gasteiger partial charge in [-0.05, 0) is 19.4 Å². The van der Waals surface area contributed by atoms with Crippen molar-refractivity contribution in [2.45, 2.75) is 25.8 Å². The number of benzene rings is 1. The molecule has 7 heteroatoms. The van der Waals surface area contributed by atoms with Crippen LogP contribution < -0.4 is 10.6 Å². The number of halogens is 1. The molecule has 2 rings (SSSR count). The van der Waals surface area contributed by atoms with Crippen LogP contribution in [0.4, 0.5) is 4.79 Å². The minimum Gasteiger partial charge on any atom is -0.355 e. The Kier molecular flexibility index (Phi) is 4.85. The Hall–Kier alpha value is -1.89. The van der Waals surface area contributed by atoms with Crippen molar-refractivity contribution in [2.75, 3.05) is 13.1 Å². The number of hydrogen-bond donors (Lipinski definition) is 2. The van der Waals surface area contributed by atoms with Gasteiger partial charge < -0.3 is 10.6 Å². The van der Waals surface area contributed by atoms with E-state index in [-0.39, 0.29) is 12.5 Å². The van der Waals surface area contributed by atoms with Crippen LogP contribution in [0.25, 0.3) is 0 Å². The van der Waals surface area contributed by atoms with Gasteiger partial charge in [0.15, 0.2) is 0 Å². The van der Waals surface area contributed by atoms with Gasteiger partial charge in [0, 0.05) is 16.6 Å². The van der Waals surface area contributed by atoms with Crippen molar-refractivity contribution in [3.8, 4) is 0 Å². The molecular formula is C15H18BrN3O3. The van der Waals surface area contributed by atoms with Crippen molar-refractivity contribution in [1.82, 2.24) is 15.5 Å². The van der Waals surface area contributed by atoms with E-state index in [4.69, 9.17) is 0 Å². The molecule has 1 fully saturated rings. The summed E-state index contributed by atoms with van der Waals surface area (Å²) >= 11 is 3.39. The first-order chi connectivity index (χ1) is 10.4. The summed E-state index contributed by atoms with van der Waals surface area (Å²) in [6, 6.07) is 6.63. The van der Waals surface area contributed by atoms with Crippen molar-refractivity contribution >= 4 is 33.8 Å². The SMILES string of the molecule is CCCNC(=O)CN1C(=O)N[C@@](C)(c2ccccc2Br)C1=O. The largest absolute Gasteiger partial charge is 0.355 e. The summed E-state index contributed by atoms with van der Waals surface area (Å²) in [5.41, 5.74) is -0.521. The second-order valence-electron chi connectivity index (χ2n) is 5.28. The molecule has 0 spiro atoms. The van der Waals surface area contributed by atoms with E-state index in [1.54, 1.807) is 25.1 Å². The van der Waals surface area contributed by atoms with Gasteiger partial charge in [0.05, 0.1) is 0 Å². The molecule has 0 unspecified atom stereocenters. The van der Waals surface area contributed by atoms with E-state index in [1.807, 2.05) is 13.0 Å². The summed E-state index contributed by atoms with van der Waals surface area (Å²) < 4.78 is 0.725. The highest BCUT2D eigenvalue weighted by atomic mass is 79.9. The van der Waals surface area contributed by atoms with Gasteiger partial charge in [-0.2, -0.15) is 0 Å². The molecule has 1 heterocycles. The number of urea groups is 1. The average Bonchev–Trinajstić information content (AvgIpc) is 2.70. The lowest BCUT2D eigenvalue weighted by atomic mass is 9.92. The minimum absolute atomic E-state index is 0.273. The van der Waals surface area contributed by atoms with Crippen LogP contribution in [0.15, 0.2) is 28.7 Å². The lowest BCUT2D eigenvalue weighted by Gasteiger charge is -2.23. The molecule has 1 aliphatic rings. The van der Waals surface area contributed by atoms with Crippen LogP contribution in [-0.4, -0.2) is 35.8 Å². The molecule has 22 heavy (non-hydrogen) atoms. The Labute approximate surface area is 137 Å². The van der Waals surface area contributed by atoms with Gasteiger partial charge in [-0.15, -0.1) is 0 Å². The maximum absolute atomic E-state index is 12.6. The molecule has 0 radical (unpaired) electrons. The smallest absolute Gasteiger partial charge is 0.325 e. The maximum Gasteiger partial charge on any atom is 0.325 e. The number of nitrogens with one attached hydrogen (secondary N) is 2. The third-order valence-corrected chi connectivity index (χ3v) is 4.25. The number of nitrogens with zero attached hydrogens (tertiary/aromatic N) is 1. The molecule has 1 aromatic carbocycles. The number of amides is 4. The fraction of sp³-hybridized carbons (Fsp3) is 0.400. The molecular weight excluding hydrogens is 350 g/mol. The molecule has 1 atom stereocenters. The molecule has 6 nitrogen and oxygen atoms in total. The third-order valence-electron chi connectivity index (χ3n) is 3.56. The highest BCUT2D eigenvalue weighted by molar-refractivity contribution is 9.10. The average molecular weight is 368 g/mol. The first-order valence-corrected chi connectivity index (χ1v) is 7.85. The normalized spacial score (nSPS) is 21.0. The summed E-state index contributed by atoms with van der Waals surface area (Å²) in [5.74, 6) is -0.780. The molecule has 4 amide bonds. The predicted octanol–water partition coefficient (Wildman–Crippen LogP) is 1.74. The molecule has 1 aliphatic heterocycles. The van der Waals surface area contributed by atoms with Gasteiger partial charge in [0.2, 0.25) is 5.91 Å². The zero-order valence-corrected chi connectivity index (χ0v) is 14.1. The lowest BCUT2D eigenvalue weighted by molar-refractivity contribution is -0.134. The van der Waals surface area contributed by atoms with Gasteiger partial charge in [-0.1, -0.05) is 41.1 Å². The highest BCUT2D eigenvalue weighted by Gasteiger charge is 2.50. The predicted molar refractivity (Wildman–Crippen MR) is 85.0 cm³/mol. The lowest BCUT2D eigenvalue weighted by Crippen LogP contribution is -2.43. The topological polar surface area (TPSA) is 78.5 Å². The van der Waals surface area contributed by atoms with Crippen molar-refractivity contribution in [3.05, 3.63) is 34.3 Å². The Balaban J connectivity index is 2.21. The standard InChI is InChI=1S/C15H18BrN3O3/c1-3-8-17-12(20)9-19-13(21)15(2,18-14(19)22)10-6-4-5-7-11(10)16/h4-7H,3,8-9H2,1-2H3,(H,17,20)(H,18,22)/t15-/m0/s1. The Morgan fingerprint density at radius 3 is 2.68 bits per heavy atom. The van der Waals surface area contributed by atoms with Crippen LogP contribution in [0.2, 0.25) is 0 Å². The second kappa shape index (κ2) is 6.48. The number of carbonyl (C=O) groups is 3. The zero-order valence-electron chi connectivity index (χ0n) is 12.5. The van der Waals surface area contributed by atoms with Crippen LogP contribution in [0, 0.1) is 0 Å². The maximum atomic E-state index is 12.6. The van der Waals surface area contributed by atoms with Gasteiger partial charge in [0.1, 0.15) is 12.1 Å².